The molecule has 23 heavy (non-hydrogen) atoms. The number of benzene rings is 1. The largest absolute Gasteiger partial charge is 0.454 e. The number of furan rings is 1. The minimum Gasteiger partial charge on any atom is -0.454 e. The minimum absolute atomic E-state index is 0.831. The summed E-state index contributed by atoms with van der Waals surface area (Å²) in [4.78, 5) is 9.45. The van der Waals surface area contributed by atoms with Crippen molar-refractivity contribution in [1.29, 1.82) is 0 Å². The van der Waals surface area contributed by atoms with E-state index in [1.165, 1.54) is 5.56 Å². The maximum Gasteiger partial charge on any atom is 0.153 e. The van der Waals surface area contributed by atoms with Gasteiger partial charge in [-0.15, -0.1) is 0 Å². The summed E-state index contributed by atoms with van der Waals surface area (Å²) >= 11 is 0. The number of pyridine rings is 1. The summed E-state index contributed by atoms with van der Waals surface area (Å²) in [5.41, 5.74) is 3.06. The fourth-order valence-corrected chi connectivity index (χ4v) is 3.04. The van der Waals surface area contributed by atoms with Gasteiger partial charge in [0.1, 0.15) is 11.3 Å². The van der Waals surface area contributed by atoms with Crippen LogP contribution in [0.5, 0.6) is 0 Å². The molecule has 3 heterocycles. The summed E-state index contributed by atoms with van der Waals surface area (Å²) < 4.78 is 5.88. The molecule has 4 heteroatoms. The normalized spacial score (nSPS) is 16.9. The Morgan fingerprint density at radius 1 is 1.04 bits per heavy atom. The van der Waals surface area contributed by atoms with E-state index in [0.717, 1.165) is 55.1 Å². The summed E-state index contributed by atoms with van der Waals surface area (Å²) in [6, 6.07) is 14.3. The van der Waals surface area contributed by atoms with E-state index in [4.69, 9.17) is 4.42 Å². The number of aromatic nitrogens is 1. The van der Waals surface area contributed by atoms with Crippen molar-refractivity contribution in [2.45, 2.75) is 6.54 Å². The number of rotatable bonds is 3. The molecule has 4 nitrogen and oxygen atoms in total. The summed E-state index contributed by atoms with van der Waals surface area (Å²) in [5.74, 6) is 0.831. The van der Waals surface area contributed by atoms with Crippen LogP contribution in [0.3, 0.4) is 0 Å². The molecule has 3 aromatic rings. The van der Waals surface area contributed by atoms with Gasteiger partial charge >= 0.3 is 0 Å². The summed E-state index contributed by atoms with van der Waals surface area (Å²) in [5, 5.41) is 1.12. The minimum atomic E-state index is 0.831. The predicted molar refractivity (Wildman–Crippen MR) is 92.2 cm³/mol. The van der Waals surface area contributed by atoms with E-state index in [2.05, 4.69) is 46.1 Å². The molecule has 0 N–H and O–H groups in total. The van der Waals surface area contributed by atoms with Crippen LogP contribution in [0.15, 0.2) is 53.1 Å². The molecule has 2 aromatic heterocycles. The Balaban J connectivity index is 1.49. The zero-order chi connectivity index (χ0) is 15.6. The SMILES string of the molecule is CN1CCN(Cc2ccc(-c3cc4ccccc4o3)nc2)CC1. The second-order valence-corrected chi connectivity index (χ2v) is 6.28. The van der Waals surface area contributed by atoms with Crippen molar-refractivity contribution < 1.29 is 4.42 Å². The molecule has 0 radical (unpaired) electrons. The Morgan fingerprint density at radius 2 is 1.87 bits per heavy atom. The van der Waals surface area contributed by atoms with E-state index in [-0.39, 0.29) is 0 Å². The maximum absolute atomic E-state index is 5.88. The highest BCUT2D eigenvalue weighted by atomic mass is 16.3. The Bertz CT molecular complexity index is 753. The van der Waals surface area contributed by atoms with Gasteiger partial charge in [0.2, 0.25) is 0 Å². The van der Waals surface area contributed by atoms with E-state index in [1.54, 1.807) is 0 Å². The van der Waals surface area contributed by atoms with E-state index in [1.807, 2.05) is 24.4 Å². The van der Waals surface area contributed by atoms with Crippen LogP contribution in [0.25, 0.3) is 22.4 Å². The number of hydrogen-bond donors (Lipinski definition) is 0. The predicted octanol–water partition coefficient (Wildman–Crippen LogP) is 3.24. The van der Waals surface area contributed by atoms with Crippen LogP contribution in [0.1, 0.15) is 5.56 Å². The first-order valence-electron chi connectivity index (χ1n) is 8.13. The third-order valence-corrected chi connectivity index (χ3v) is 4.50. The molecular formula is C19H21N3O. The van der Waals surface area contributed by atoms with Crippen molar-refractivity contribution in [3.63, 3.8) is 0 Å². The molecule has 1 aliphatic heterocycles. The monoisotopic (exact) mass is 307 g/mol. The molecular weight excluding hydrogens is 286 g/mol. The lowest BCUT2D eigenvalue weighted by molar-refractivity contribution is 0.148. The third-order valence-electron chi connectivity index (χ3n) is 4.50. The summed E-state index contributed by atoms with van der Waals surface area (Å²) in [6.07, 6.45) is 1.97. The van der Waals surface area contributed by atoms with Crippen molar-refractivity contribution >= 4 is 11.0 Å². The maximum atomic E-state index is 5.88. The Kier molecular flexibility index (Phi) is 3.85. The van der Waals surface area contributed by atoms with Gasteiger partial charge in [-0.2, -0.15) is 0 Å². The molecule has 4 rings (SSSR count). The lowest BCUT2D eigenvalue weighted by atomic mass is 10.2. The van der Waals surface area contributed by atoms with Crippen molar-refractivity contribution in [2.75, 3.05) is 33.2 Å². The first kappa shape index (κ1) is 14.4. The number of fused-ring (bicyclic) bond motifs is 1. The fourth-order valence-electron chi connectivity index (χ4n) is 3.04. The van der Waals surface area contributed by atoms with Crippen LogP contribution in [0.2, 0.25) is 0 Å². The molecule has 1 fully saturated rings. The zero-order valence-corrected chi connectivity index (χ0v) is 13.4. The molecule has 0 saturated carbocycles. The second-order valence-electron chi connectivity index (χ2n) is 6.28. The van der Waals surface area contributed by atoms with Gasteiger partial charge in [0.05, 0.1) is 0 Å². The molecule has 1 aliphatic rings. The molecule has 1 aromatic carbocycles. The van der Waals surface area contributed by atoms with Gasteiger partial charge in [0.25, 0.3) is 0 Å². The topological polar surface area (TPSA) is 32.5 Å². The first-order chi connectivity index (χ1) is 11.3. The molecule has 0 bridgehead atoms. The van der Waals surface area contributed by atoms with Crippen LogP contribution in [-0.2, 0) is 6.54 Å². The van der Waals surface area contributed by atoms with E-state index >= 15 is 0 Å². The molecule has 0 atom stereocenters. The van der Waals surface area contributed by atoms with Crippen molar-refractivity contribution in [2.24, 2.45) is 0 Å². The highest BCUT2D eigenvalue weighted by molar-refractivity contribution is 5.82. The van der Waals surface area contributed by atoms with E-state index < -0.39 is 0 Å². The Labute approximate surface area is 136 Å². The number of likely N-dealkylation sites (N-methyl/N-ethyl adjacent to an activating group) is 1. The zero-order valence-electron chi connectivity index (χ0n) is 13.4. The van der Waals surface area contributed by atoms with Gasteiger partial charge in [-0.05, 0) is 30.8 Å². The lowest BCUT2D eigenvalue weighted by Crippen LogP contribution is -2.43. The average Bonchev–Trinajstić information content (AvgIpc) is 3.02. The van der Waals surface area contributed by atoms with Crippen LogP contribution >= 0.6 is 0 Å². The van der Waals surface area contributed by atoms with Crippen molar-refractivity contribution in [3.8, 4) is 11.5 Å². The molecule has 0 amide bonds. The van der Waals surface area contributed by atoms with Crippen molar-refractivity contribution in [1.82, 2.24) is 14.8 Å². The van der Waals surface area contributed by atoms with Crippen molar-refractivity contribution in [3.05, 3.63) is 54.2 Å². The van der Waals surface area contributed by atoms with Crippen LogP contribution in [0.4, 0.5) is 0 Å². The van der Waals surface area contributed by atoms with Gasteiger partial charge < -0.3 is 9.32 Å². The van der Waals surface area contributed by atoms with Crippen LogP contribution in [-0.4, -0.2) is 48.0 Å². The smallest absolute Gasteiger partial charge is 0.153 e. The third kappa shape index (κ3) is 3.14. The number of para-hydroxylation sites is 1. The number of nitrogens with zero attached hydrogens (tertiary/aromatic N) is 3. The molecule has 0 spiro atoms. The van der Waals surface area contributed by atoms with Gasteiger partial charge in [-0.25, -0.2) is 0 Å². The second kappa shape index (κ2) is 6.14. The standard InChI is InChI=1S/C19H21N3O/c1-21-8-10-22(11-9-21)14-15-6-7-17(20-13-15)19-12-16-4-2-3-5-18(16)23-19/h2-7,12-13H,8-11,14H2,1H3. The molecule has 0 unspecified atom stereocenters. The molecule has 1 saturated heterocycles. The highest BCUT2D eigenvalue weighted by Crippen LogP contribution is 2.26. The average molecular weight is 307 g/mol. The highest BCUT2D eigenvalue weighted by Gasteiger charge is 2.14. The van der Waals surface area contributed by atoms with Gasteiger partial charge in [-0.3, -0.25) is 9.88 Å². The van der Waals surface area contributed by atoms with Gasteiger partial charge in [0.15, 0.2) is 5.76 Å². The first-order valence-corrected chi connectivity index (χ1v) is 8.13. The van der Waals surface area contributed by atoms with Crippen LogP contribution in [0, 0.1) is 0 Å². The molecule has 118 valence electrons. The Hall–Kier alpha value is -2.17. The lowest BCUT2D eigenvalue weighted by Gasteiger charge is -2.32. The summed E-state index contributed by atoms with van der Waals surface area (Å²) in [6.45, 7) is 5.51. The van der Waals surface area contributed by atoms with Gasteiger partial charge in [-0.1, -0.05) is 24.3 Å². The van der Waals surface area contributed by atoms with E-state index in [9.17, 15) is 0 Å². The number of piperazine rings is 1. The van der Waals surface area contributed by atoms with Crippen LogP contribution < -0.4 is 0 Å². The van der Waals surface area contributed by atoms with Gasteiger partial charge in [0, 0.05) is 44.3 Å². The quantitative estimate of drug-likeness (QED) is 0.743. The summed E-state index contributed by atoms with van der Waals surface area (Å²) in [7, 11) is 2.18. The fraction of sp³-hybridized carbons (Fsp3) is 0.316. The Morgan fingerprint density at radius 3 is 2.61 bits per heavy atom. The number of hydrogen-bond acceptors (Lipinski definition) is 4. The molecule has 0 aliphatic carbocycles. The van der Waals surface area contributed by atoms with E-state index in [0.29, 0.717) is 0 Å².